The van der Waals surface area contributed by atoms with Gasteiger partial charge in [-0.05, 0) is 65.6 Å². The number of nitrogens with one attached hydrogen (secondary N) is 1. The molecule has 0 saturated heterocycles. The summed E-state index contributed by atoms with van der Waals surface area (Å²) in [6.45, 7) is 4.83. The highest BCUT2D eigenvalue weighted by molar-refractivity contribution is 7.99. The van der Waals surface area contributed by atoms with Crippen molar-refractivity contribution < 1.29 is 14.0 Å². The number of nitrogens with zero attached hydrogens (tertiary/aromatic N) is 1. The molecule has 196 valence electrons. The summed E-state index contributed by atoms with van der Waals surface area (Å²) in [6.07, 6.45) is 1.37. The van der Waals surface area contributed by atoms with Crippen molar-refractivity contribution in [3.63, 3.8) is 0 Å². The summed E-state index contributed by atoms with van der Waals surface area (Å²) in [5.41, 5.74) is 1.75. The van der Waals surface area contributed by atoms with Crippen molar-refractivity contribution in [3.8, 4) is 0 Å². The van der Waals surface area contributed by atoms with Crippen LogP contribution in [-0.2, 0) is 22.6 Å². The molecule has 3 aromatic carbocycles. The van der Waals surface area contributed by atoms with E-state index in [1.807, 2.05) is 68.4 Å². The van der Waals surface area contributed by atoms with Crippen molar-refractivity contribution >= 4 is 35.2 Å². The van der Waals surface area contributed by atoms with Gasteiger partial charge in [0.15, 0.2) is 0 Å². The third-order valence-electron chi connectivity index (χ3n) is 5.84. The average Bonchev–Trinajstić information content (AvgIpc) is 2.89. The van der Waals surface area contributed by atoms with Crippen molar-refractivity contribution in [2.45, 2.75) is 50.6 Å². The molecule has 1 N–H and O–H groups in total. The van der Waals surface area contributed by atoms with Gasteiger partial charge in [0, 0.05) is 35.8 Å². The van der Waals surface area contributed by atoms with Gasteiger partial charge in [-0.1, -0.05) is 67.9 Å². The van der Waals surface area contributed by atoms with E-state index in [0.717, 1.165) is 21.8 Å². The molecule has 2 amide bonds. The van der Waals surface area contributed by atoms with Gasteiger partial charge >= 0.3 is 0 Å². The van der Waals surface area contributed by atoms with E-state index >= 15 is 0 Å². The Labute approximate surface area is 228 Å². The quantitative estimate of drug-likeness (QED) is 0.192. The molecular weight excluding hydrogens is 507 g/mol. The molecule has 3 rings (SSSR count). The summed E-state index contributed by atoms with van der Waals surface area (Å²) in [5.74, 6) is 0.440. The molecule has 0 spiro atoms. The minimum atomic E-state index is -0.678. The molecule has 0 saturated carbocycles. The van der Waals surface area contributed by atoms with Crippen molar-refractivity contribution in [3.05, 3.63) is 101 Å². The summed E-state index contributed by atoms with van der Waals surface area (Å²) in [6, 6.07) is 22.8. The summed E-state index contributed by atoms with van der Waals surface area (Å²) >= 11 is 7.63. The van der Waals surface area contributed by atoms with E-state index in [0.29, 0.717) is 30.8 Å². The van der Waals surface area contributed by atoms with Crippen LogP contribution in [0.5, 0.6) is 0 Å². The zero-order valence-corrected chi connectivity index (χ0v) is 22.9. The number of hydrogen-bond donors (Lipinski definition) is 1. The van der Waals surface area contributed by atoms with Crippen molar-refractivity contribution in [2.75, 3.05) is 12.3 Å². The van der Waals surface area contributed by atoms with Crippen LogP contribution in [0.15, 0.2) is 83.8 Å². The number of carbonyl (C=O) groups excluding carboxylic acids is 2. The highest BCUT2D eigenvalue weighted by Gasteiger charge is 2.30. The van der Waals surface area contributed by atoms with Crippen LogP contribution in [0.2, 0.25) is 5.02 Å². The second kappa shape index (κ2) is 14.8. The Morgan fingerprint density at radius 2 is 1.62 bits per heavy atom. The van der Waals surface area contributed by atoms with E-state index in [4.69, 9.17) is 11.6 Å². The van der Waals surface area contributed by atoms with Crippen molar-refractivity contribution in [1.29, 1.82) is 0 Å². The highest BCUT2D eigenvalue weighted by Crippen LogP contribution is 2.22. The number of amides is 2. The topological polar surface area (TPSA) is 49.4 Å². The molecular formula is C30H34ClFN2O2S. The van der Waals surface area contributed by atoms with Crippen LogP contribution in [0.25, 0.3) is 0 Å². The molecule has 0 fully saturated rings. The van der Waals surface area contributed by atoms with Gasteiger partial charge in [0.1, 0.15) is 11.9 Å². The Balaban J connectivity index is 1.77. The van der Waals surface area contributed by atoms with E-state index in [1.54, 1.807) is 28.8 Å². The lowest BCUT2D eigenvalue weighted by atomic mass is 10.0. The Morgan fingerprint density at radius 3 is 2.27 bits per heavy atom. The Kier molecular flexibility index (Phi) is 11.5. The molecule has 0 heterocycles. The lowest BCUT2D eigenvalue weighted by Crippen LogP contribution is -2.51. The maximum Gasteiger partial charge on any atom is 0.243 e. The van der Waals surface area contributed by atoms with Gasteiger partial charge in [-0.3, -0.25) is 9.59 Å². The lowest BCUT2D eigenvalue weighted by Gasteiger charge is -2.32. The summed E-state index contributed by atoms with van der Waals surface area (Å²) in [5, 5.41) is 3.71. The van der Waals surface area contributed by atoms with Crippen LogP contribution in [0.4, 0.5) is 4.39 Å². The summed E-state index contributed by atoms with van der Waals surface area (Å²) < 4.78 is 13.5. The third kappa shape index (κ3) is 9.86. The average molecular weight is 541 g/mol. The Morgan fingerprint density at radius 1 is 0.946 bits per heavy atom. The van der Waals surface area contributed by atoms with E-state index in [-0.39, 0.29) is 30.1 Å². The first-order valence-corrected chi connectivity index (χ1v) is 13.9. The van der Waals surface area contributed by atoms with E-state index in [1.165, 1.54) is 12.1 Å². The summed E-state index contributed by atoms with van der Waals surface area (Å²) in [4.78, 5) is 29.7. The monoisotopic (exact) mass is 540 g/mol. The second-order valence-electron chi connectivity index (χ2n) is 9.40. The zero-order valence-electron chi connectivity index (χ0n) is 21.3. The van der Waals surface area contributed by atoms with Crippen LogP contribution in [0.3, 0.4) is 0 Å². The van der Waals surface area contributed by atoms with Crippen LogP contribution >= 0.6 is 23.4 Å². The minimum Gasteiger partial charge on any atom is -0.354 e. The first-order valence-electron chi connectivity index (χ1n) is 12.6. The van der Waals surface area contributed by atoms with Crippen LogP contribution < -0.4 is 5.32 Å². The minimum absolute atomic E-state index is 0.0957. The first-order chi connectivity index (χ1) is 17.8. The molecule has 0 aliphatic heterocycles. The fourth-order valence-corrected chi connectivity index (χ4v) is 4.83. The molecule has 0 unspecified atom stereocenters. The number of halogens is 2. The number of benzene rings is 3. The molecule has 3 aromatic rings. The van der Waals surface area contributed by atoms with Crippen LogP contribution in [0, 0.1) is 11.7 Å². The number of hydrogen-bond acceptors (Lipinski definition) is 3. The molecule has 0 aliphatic rings. The van der Waals surface area contributed by atoms with Gasteiger partial charge in [-0.15, -0.1) is 11.8 Å². The number of carbonyl (C=O) groups is 2. The third-order valence-corrected chi connectivity index (χ3v) is 7.19. The molecule has 0 radical (unpaired) electrons. The van der Waals surface area contributed by atoms with E-state index in [2.05, 4.69) is 5.32 Å². The SMILES string of the molecule is CC(C)CNC(=O)[C@@H](Cc1ccccc1)N(Cc1ccc(F)cc1)C(=O)CCCSc1ccc(Cl)cc1. The van der Waals surface area contributed by atoms with Gasteiger partial charge in [-0.2, -0.15) is 0 Å². The van der Waals surface area contributed by atoms with E-state index < -0.39 is 6.04 Å². The maximum atomic E-state index is 13.6. The molecule has 7 heteroatoms. The molecule has 0 aromatic heterocycles. The first kappa shape index (κ1) is 28.7. The molecule has 0 aliphatic carbocycles. The van der Waals surface area contributed by atoms with Crippen LogP contribution in [-0.4, -0.2) is 35.1 Å². The molecule has 1 atom stereocenters. The van der Waals surface area contributed by atoms with Gasteiger partial charge in [0.25, 0.3) is 0 Å². The Hall–Kier alpha value is -2.83. The maximum absolute atomic E-state index is 13.6. The van der Waals surface area contributed by atoms with Gasteiger partial charge in [0.2, 0.25) is 11.8 Å². The zero-order chi connectivity index (χ0) is 26.6. The summed E-state index contributed by atoms with van der Waals surface area (Å²) in [7, 11) is 0. The smallest absolute Gasteiger partial charge is 0.243 e. The standard InChI is InChI=1S/C30H34ClFN2O2S/c1-22(2)20-33-30(36)28(19-23-7-4-3-5-8-23)34(21-24-10-14-26(32)15-11-24)29(35)9-6-18-37-27-16-12-25(31)13-17-27/h3-5,7-8,10-17,22,28H,6,9,18-21H2,1-2H3,(H,33,36)/t28-/m1/s1. The molecule has 0 bridgehead atoms. The van der Waals surface area contributed by atoms with E-state index in [9.17, 15) is 14.0 Å². The van der Waals surface area contributed by atoms with Crippen LogP contribution in [0.1, 0.15) is 37.8 Å². The predicted octanol–water partition coefficient (Wildman–Crippen LogP) is 6.76. The largest absolute Gasteiger partial charge is 0.354 e. The second-order valence-corrected chi connectivity index (χ2v) is 11.0. The number of thioether (sulfide) groups is 1. The fourth-order valence-electron chi connectivity index (χ4n) is 3.85. The Bertz CT molecular complexity index is 1120. The highest BCUT2D eigenvalue weighted by atomic mass is 35.5. The predicted molar refractivity (Wildman–Crippen MR) is 150 cm³/mol. The number of rotatable bonds is 13. The van der Waals surface area contributed by atoms with Gasteiger partial charge in [0.05, 0.1) is 0 Å². The van der Waals surface area contributed by atoms with Crippen molar-refractivity contribution in [2.24, 2.45) is 5.92 Å². The molecule has 37 heavy (non-hydrogen) atoms. The normalized spacial score (nSPS) is 11.8. The fraction of sp³-hybridized carbons (Fsp3) is 0.333. The molecule has 4 nitrogen and oxygen atoms in total. The van der Waals surface area contributed by atoms with Gasteiger partial charge in [-0.25, -0.2) is 4.39 Å². The van der Waals surface area contributed by atoms with Crippen molar-refractivity contribution in [1.82, 2.24) is 10.2 Å². The van der Waals surface area contributed by atoms with Gasteiger partial charge < -0.3 is 10.2 Å². The lowest BCUT2D eigenvalue weighted by molar-refractivity contribution is -0.141.